The maximum absolute atomic E-state index is 14.1. The smallest absolute Gasteiger partial charge is 0.240 e. The van der Waals surface area contributed by atoms with Crippen LogP contribution in [0, 0.1) is 40.9 Å². The van der Waals surface area contributed by atoms with Gasteiger partial charge >= 0.3 is 0 Å². The third kappa shape index (κ3) is 8.63. The summed E-state index contributed by atoms with van der Waals surface area (Å²) in [7, 11) is 4.41. The number of nitrogens with one attached hydrogen (secondary N) is 1. The molecule has 0 spiro atoms. The van der Waals surface area contributed by atoms with Crippen molar-refractivity contribution in [3.05, 3.63) is 35.4 Å². The van der Waals surface area contributed by atoms with Gasteiger partial charge in [0.25, 0.3) is 0 Å². The van der Waals surface area contributed by atoms with Gasteiger partial charge in [0.05, 0.1) is 13.2 Å². The van der Waals surface area contributed by atoms with Gasteiger partial charge in [0.15, 0.2) is 0 Å². The van der Waals surface area contributed by atoms with Crippen LogP contribution in [0.2, 0.25) is 0 Å². The number of hydroxylamine groups is 2. The van der Waals surface area contributed by atoms with Crippen molar-refractivity contribution in [1.29, 1.82) is 0 Å². The van der Waals surface area contributed by atoms with Gasteiger partial charge in [-0.2, -0.15) is 5.06 Å². The predicted octanol–water partition coefficient (Wildman–Crippen LogP) is 6.74. The first-order chi connectivity index (χ1) is 22.4. The Labute approximate surface area is 287 Å². The first kappa shape index (κ1) is 36.8. The Morgan fingerprint density at radius 3 is 2.47 bits per heavy atom. The molecule has 2 bridgehead atoms. The van der Waals surface area contributed by atoms with E-state index in [-0.39, 0.29) is 30.6 Å². The van der Waals surface area contributed by atoms with Crippen LogP contribution >= 0.6 is 0 Å². The monoisotopic (exact) mass is 653 g/mol. The normalized spacial score (nSPS) is 31.8. The van der Waals surface area contributed by atoms with Crippen LogP contribution in [0.1, 0.15) is 110 Å². The summed E-state index contributed by atoms with van der Waals surface area (Å²) >= 11 is 0. The van der Waals surface area contributed by atoms with Crippen molar-refractivity contribution in [2.45, 2.75) is 137 Å². The molecule has 7 heteroatoms. The number of carbonyl (C=O) groups is 1. The molecule has 2 N–H and O–H groups in total. The summed E-state index contributed by atoms with van der Waals surface area (Å²) < 4.78 is 0. The molecule has 0 radical (unpaired) electrons. The lowest BCUT2D eigenvalue weighted by molar-refractivity contribution is -0.183. The minimum Gasteiger partial charge on any atom is -0.394 e. The molecule has 7 nitrogen and oxygen atoms in total. The lowest BCUT2D eigenvalue weighted by Crippen LogP contribution is -2.62. The molecule has 266 valence electrons. The van der Waals surface area contributed by atoms with Crippen molar-refractivity contribution in [1.82, 2.24) is 20.2 Å². The van der Waals surface area contributed by atoms with Gasteiger partial charge in [0.1, 0.15) is 12.1 Å². The van der Waals surface area contributed by atoms with Crippen LogP contribution in [0.3, 0.4) is 0 Å². The Hall–Kier alpha value is -1.51. The number of carbonyl (C=O) groups excluding carboxylic acids is 1. The molecule has 6 rings (SSSR count). The van der Waals surface area contributed by atoms with Crippen molar-refractivity contribution >= 4 is 5.91 Å². The third-order valence-electron chi connectivity index (χ3n) is 12.8. The molecule has 47 heavy (non-hydrogen) atoms. The van der Waals surface area contributed by atoms with Gasteiger partial charge in [-0.1, -0.05) is 85.1 Å². The minimum absolute atomic E-state index is 0.0399. The Balaban J connectivity index is 1.31. The third-order valence-corrected chi connectivity index (χ3v) is 12.8. The molecule has 1 saturated heterocycles. The summed E-state index contributed by atoms with van der Waals surface area (Å²) in [6, 6.07) is 9.28. The summed E-state index contributed by atoms with van der Waals surface area (Å²) in [5, 5.41) is 15.7. The van der Waals surface area contributed by atoms with Gasteiger partial charge < -0.3 is 15.3 Å². The first-order valence-corrected chi connectivity index (χ1v) is 19.2. The number of hydrogen-bond acceptors (Lipinski definition) is 6. The Kier molecular flexibility index (Phi) is 12.5. The Morgan fingerprint density at radius 1 is 1.13 bits per heavy atom. The number of hydrogen-bond donors (Lipinski definition) is 2. The van der Waals surface area contributed by atoms with Gasteiger partial charge in [-0.25, -0.2) is 0 Å². The molecule has 1 aromatic rings. The van der Waals surface area contributed by atoms with E-state index >= 15 is 0 Å². The van der Waals surface area contributed by atoms with E-state index in [1.165, 1.54) is 57.1 Å². The molecule has 8 atom stereocenters. The SMILES string of the molecule is CC[C@@H]1[C@H](CO)ON(Cc2cccc(CN(CC3CCCCC3)[C@@H](CC(C)C)CN(C)C)c2)[C@@H]1C(=O)N[C@H]1C[C@H]2C[C@@H]([C@@H]1C)C2(C)C. The van der Waals surface area contributed by atoms with Crippen LogP contribution in [0.25, 0.3) is 0 Å². The van der Waals surface area contributed by atoms with Gasteiger partial charge in [-0.15, -0.1) is 0 Å². The van der Waals surface area contributed by atoms with E-state index in [4.69, 9.17) is 4.84 Å². The fourth-order valence-corrected chi connectivity index (χ4v) is 10.0. The van der Waals surface area contributed by atoms with Gasteiger partial charge in [0, 0.05) is 37.6 Å². The lowest BCUT2D eigenvalue weighted by Gasteiger charge is -2.62. The highest BCUT2D eigenvalue weighted by Crippen LogP contribution is 2.61. The van der Waals surface area contributed by atoms with Crippen LogP contribution in [0.4, 0.5) is 0 Å². The number of aliphatic hydroxyl groups is 1. The fourth-order valence-electron chi connectivity index (χ4n) is 10.0. The lowest BCUT2D eigenvalue weighted by atomic mass is 9.45. The molecular weight excluding hydrogens is 584 g/mol. The van der Waals surface area contributed by atoms with Crippen LogP contribution in [0.5, 0.6) is 0 Å². The zero-order chi connectivity index (χ0) is 33.9. The van der Waals surface area contributed by atoms with Crippen molar-refractivity contribution in [3.63, 3.8) is 0 Å². The number of amides is 1. The number of fused-ring (bicyclic) bond motifs is 2. The molecule has 1 aliphatic heterocycles. The molecule has 1 heterocycles. The highest BCUT2D eigenvalue weighted by molar-refractivity contribution is 5.82. The number of aliphatic hydroxyl groups excluding tert-OH is 1. The summed E-state index contributed by atoms with van der Waals surface area (Å²) in [5.41, 5.74) is 2.87. The largest absolute Gasteiger partial charge is 0.394 e. The second-order valence-electron chi connectivity index (χ2n) is 17.3. The summed E-state index contributed by atoms with van der Waals surface area (Å²) in [6.45, 7) is 17.6. The summed E-state index contributed by atoms with van der Waals surface area (Å²) in [6.07, 6.45) is 10.8. The first-order valence-electron chi connectivity index (χ1n) is 19.2. The molecule has 0 unspecified atom stereocenters. The molecule has 4 aliphatic carbocycles. The Morgan fingerprint density at radius 2 is 1.85 bits per heavy atom. The van der Waals surface area contributed by atoms with E-state index in [2.05, 4.69) is 95.0 Å². The van der Waals surface area contributed by atoms with E-state index in [1.54, 1.807) is 0 Å². The molecule has 4 saturated carbocycles. The van der Waals surface area contributed by atoms with E-state index < -0.39 is 6.04 Å². The Bertz CT molecular complexity index is 1140. The fraction of sp³-hybridized carbons (Fsp3) is 0.825. The van der Waals surface area contributed by atoms with Crippen molar-refractivity contribution in [2.24, 2.45) is 40.9 Å². The second-order valence-corrected chi connectivity index (χ2v) is 17.3. The predicted molar refractivity (Wildman–Crippen MR) is 191 cm³/mol. The number of likely N-dealkylation sites (N-methyl/N-ethyl adjacent to an activating group) is 1. The van der Waals surface area contributed by atoms with Crippen molar-refractivity contribution in [3.8, 4) is 0 Å². The molecular formula is C40H68N4O3. The number of rotatable bonds is 15. The molecule has 5 aliphatic rings. The average Bonchev–Trinajstić information content (AvgIpc) is 3.38. The van der Waals surface area contributed by atoms with Crippen molar-refractivity contribution < 1.29 is 14.7 Å². The van der Waals surface area contributed by atoms with Crippen LogP contribution in [-0.4, -0.2) is 83.9 Å². The standard InChI is InChI=1S/C40H68N4O3/c1-9-34-37(26-45)47-44(38(34)39(46)41-36-21-32-20-35(28(36)4)40(32,5)6)24-31-17-13-16-30(19-31)23-43(22-29-14-11-10-12-15-29)33(18-27(2)3)25-42(7)8/h13,16-17,19,27-29,32-38,45H,9-12,14-15,18,20-26H2,1-8H3,(H,41,46)/t28-,32+,33-,34+,35-,36-,37-,38-/m0/s1. The summed E-state index contributed by atoms with van der Waals surface area (Å²) in [5.74, 6) is 3.30. The van der Waals surface area contributed by atoms with Gasteiger partial charge in [-0.05, 0) is 98.8 Å². The van der Waals surface area contributed by atoms with E-state index in [0.717, 1.165) is 37.4 Å². The molecule has 1 aromatic carbocycles. The molecule has 5 fully saturated rings. The topological polar surface area (TPSA) is 68.3 Å². The number of nitrogens with zero attached hydrogens (tertiary/aromatic N) is 3. The van der Waals surface area contributed by atoms with Crippen molar-refractivity contribution in [2.75, 3.05) is 33.8 Å². The van der Waals surface area contributed by atoms with Gasteiger partial charge in [0.2, 0.25) is 5.91 Å². The average molecular weight is 653 g/mol. The van der Waals surface area contributed by atoms with E-state index in [9.17, 15) is 9.90 Å². The maximum Gasteiger partial charge on any atom is 0.240 e. The van der Waals surface area contributed by atoms with Crippen LogP contribution < -0.4 is 5.32 Å². The summed E-state index contributed by atoms with van der Waals surface area (Å²) in [4.78, 5) is 25.6. The zero-order valence-electron chi connectivity index (χ0n) is 31.1. The van der Waals surface area contributed by atoms with Crippen LogP contribution in [0.15, 0.2) is 24.3 Å². The highest BCUT2D eigenvalue weighted by atomic mass is 16.7. The van der Waals surface area contributed by atoms with E-state index in [1.807, 2.05) is 5.06 Å². The maximum atomic E-state index is 14.1. The quantitative estimate of drug-likeness (QED) is 0.219. The second kappa shape index (κ2) is 16.0. The number of benzene rings is 1. The minimum atomic E-state index is -0.405. The van der Waals surface area contributed by atoms with Gasteiger partial charge in [-0.3, -0.25) is 14.5 Å². The zero-order valence-corrected chi connectivity index (χ0v) is 31.1. The molecule has 0 aromatic heterocycles. The highest BCUT2D eigenvalue weighted by Gasteiger charge is 2.57. The molecule has 1 amide bonds. The van der Waals surface area contributed by atoms with Crippen LogP contribution in [-0.2, 0) is 22.7 Å². The van der Waals surface area contributed by atoms with E-state index in [0.29, 0.717) is 41.7 Å².